The van der Waals surface area contributed by atoms with E-state index in [1.54, 1.807) is 16.9 Å². The molecule has 3 aliphatic rings. The minimum atomic E-state index is 0.200. The van der Waals surface area contributed by atoms with Crippen molar-refractivity contribution in [2.45, 2.75) is 43.8 Å². The number of aromatic nitrogens is 4. The van der Waals surface area contributed by atoms with E-state index in [9.17, 15) is 5.11 Å². The van der Waals surface area contributed by atoms with Crippen LogP contribution in [0.25, 0.3) is 22.4 Å². The van der Waals surface area contributed by atoms with Gasteiger partial charge < -0.3 is 20.2 Å². The molecule has 32 heavy (non-hydrogen) atoms. The van der Waals surface area contributed by atoms with E-state index in [1.807, 2.05) is 25.4 Å². The quantitative estimate of drug-likeness (QED) is 0.660. The minimum absolute atomic E-state index is 0.200. The zero-order valence-corrected chi connectivity index (χ0v) is 18.6. The van der Waals surface area contributed by atoms with Gasteiger partial charge in [0.15, 0.2) is 5.82 Å². The number of fused-ring (bicyclic) bond motifs is 3. The topological polar surface area (TPSA) is 82.3 Å². The molecule has 8 nitrogen and oxygen atoms in total. The van der Waals surface area contributed by atoms with Gasteiger partial charge in [-0.15, -0.1) is 10.2 Å². The number of nitrogens with one attached hydrogen (secondary N) is 1. The molecule has 0 unspecified atom stereocenters. The van der Waals surface area contributed by atoms with Crippen molar-refractivity contribution in [3.05, 3.63) is 36.7 Å². The highest BCUT2D eigenvalue weighted by Gasteiger charge is 2.38. The van der Waals surface area contributed by atoms with Crippen molar-refractivity contribution >= 4 is 11.5 Å². The molecule has 5 heterocycles. The Morgan fingerprint density at radius 2 is 1.81 bits per heavy atom. The van der Waals surface area contributed by atoms with Gasteiger partial charge in [0.1, 0.15) is 5.75 Å². The van der Waals surface area contributed by atoms with Gasteiger partial charge in [-0.05, 0) is 49.4 Å². The van der Waals surface area contributed by atoms with Gasteiger partial charge in [-0.3, -0.25) is 4.68 Å². The van der Waals surface area contributed by atoms with Crippen LogP contribution in [0.3, 0.4) is 0 Å². The molecule has 0 amide bonds. The summed E-state index contributed by atoms with van der Waals surface area (Å²) >= 11 is 0. The maximum atomic E-state index is 10.8. The van der Waals surface area contributed by atoms with E-state index in [-0.39, 0.29) is 5.75 Å². The van der Waals surface area contributed by atoms with Crippen molar-refractivity contribution in [1.29, 1.82) is 0 Å². The van der Waals surface area contributed by atoms with E-state index in [0.29, 0.717) is 29.4 Å². The highest BCUT2D eigenvalue weighted by molar-refractivity contribution is 5.79. The van der Waals surface area contributed by atoms with E-state index < -0.39 is 0 Å². The van der Waals surface area contributed by atoms with E-state index in [4.69, 9.17) is 0 Å². The summed E-state index contributed by atoms with van der Waals surface area (Å²) in [7, 11) is 3.99. The molecule has 2 fully saturated rings. The summed E-state index contributed by atoms with van der Waals surface area (Å²) in [5.41, 5.74) is 4.37. The number of hydrogen-bond donors (Lipinski definition) is 2. The molecule has 3 aliphatic heterocycles. The molecule has 166 valence electrons. The number of rotatable bonds is 3. The van der Waals surface area contributed by atoms with Gasteiger partial charge in [-0.25, -0.2) is 0 Å². The van der Waals surface area contributed by atoms with E-state index in [1.165, 1.54) is 25.7 Å². The van der Waals surface area contributed by atoms with Gasteiger partial charge in [-0.2, -0.15) is 5.10 Å². The lowest BCUT2D eigenvalue weighted by atomic mass is 9.97. The minimum Gasteiger partial charge on any atom is -0.507 e. The molecule has 0 spiro atoms. The lowest BCUT2D eigenvalue weighted by Crippen LogP contribution is -2.52. The van der Waals surface area contributed by atoms with Crippen molar-refractivity contribution in [3.63, 3.8) is 0 Å². The zero-order chi connectivity index (χ0) is 21.8. The maximum absolute atomic E-state index is 10.8. The van der Waals surface area contributed by atoms with Crippen LogP contribution in [0.5, 0.6) is 5.75 Å². The predicted octanol–water partition coefficient (Wildman–Crippen LogP) is 2.79. The molecule has 1 aromatic carbocycles. The molecular weight excluding hydrogens is 402 g/mol. The molecule has 8 heteroatoms. The molecular formula is C24H29N7O. The smallest absolute Gasteiger partial charge is 0.175 e. The first-order valence-electron chi connectivity index (χ1n) is 11.5. The van der Waals surface area contributed by atoms with Crippen LogP contribution in [-0.2, 0) is 7.05 Å². The van der Waals surface area contributed by atoms with Gasteiger partial charge >= 0.3 is 0 Å². The Bertz CT molecular complexity index is 1150. The van der Waals surface area contributed by atoms with E-state index in [2.05, 4.69) is 43.5 Å². The monoisotopic (exact) mass is 431 g/mol. The van der Waals surface area contributed by atoms with Gasteiger partial charge in [0, 0.05) is 62.6 Å². The molecule has 3 aromatic rings. The van der Waals surface area contributed by atoms with Gasteiger partial charge in [0.05, 0.1) is 17.6 Å². The third-order valence-electron chi connectivity index (χ3n) is 7.32. The molecule has 2 N–H and O–H groups in total. The number of benzene rings is 1. The third-order valence-corrected chi connectivity index (χ3v) is 7.32. The molecule has 0 radical (unpaired) electrons. The Labute approximate surface area is 187 Å². The molecule has 2 bridgehead atoms. The number of phenolic OH excluding ortho intramolecular Hbond substituents is 1. The number of anilines is 2. The first-order chi connectivity index (χ1) is 15.5. The second kappa shape index (κ2) is 7.48. The number of piperidine rings is 1. The summed E-state index contributed by atoms with van der Waals surface area (Å²) in [6.07, 6.45) is 8.67. The van der Waals surface area contributed by atoms with Crippen LogP contribution < -0.4 is 15.1 Å². The van der Waals surface area contributed by atoms with Crippen LogP contribution in [-0.4, -0.2) is 63.3 Å². The average molecular weight is 432 g/mol. The van der Waals surface area contributed by atoms with Gasteiger partial charge in [0.25, 0.3) is 0 Å². The highest BCUT2D eigenvalue weighted by Crippen LogP contribution is 2.40. The van der Waals surface area contributed by atoms with Crippen molar-refractivity contribution in [2.24, 2.45) is 7.05 Å². The summed E-state index contributed by atoms with van der Waals surface area (Å²) in [6.45, 7) is 1.94. The molecule has 2 aromatic heterocycles. The number of phenols is 1. The van der Waals surface area contributed by atoms with Crippen molar-refractivity contribution in [2.75, 3.05) is 29.9 Å². The number of likely N-dealkylation sites (N-methyl/N-ethyl adjacent to an activating group) is 1. The Morgan fingerprint density at radius 1 is 1.00 bits per heavy atom. The second-order valence-electron chi connectivity index (χ2n) is 9.45. The van der Waals surface area contributed by atoms with Crippen LogP contribution in [0.2, 0.25) is 0 Å². The molecule has 6 rings (SSSR count). The fourth-order valence-electron chi connectivity index (χ4n) is 5.61. The summed E-state index contributed by atoms with van der Waals surface area (Å²) in [6, 6.07) is 9.56. The SMILES string of the molecule is CN1CCN([C@@H]2C[C@H]3CC[C@@H](C2)N3)c2nnc(-c3ccc(-c4cnn(C)c4)cc3O)cc21. The summed E-state index contributed by atoms with van der Waals surface area (Å²) in [5, 5.41) is 28.0. The fourth-order valence-corrected chi connectivity index (χ4v) is 5.61. The predicted molar refractivity (Wildman–Crippen MR) is 125 cm³/mol. The molecule has 0 saturated carbocycles. The van der Waals surface area contributed by atoms with Gasteiger partial charge in [-0.1, -0.05) is 6.07 Å². The van der Waals surface area contributed by atoms with Crippen molar-refractivity contribution in [1.82, 2.24) is 25.3 Å². The lowest BCUT2D eigenvalue weighted by molar-refractivity contribution is 0.344. The Hall–Kier alpha value is -3.13. The average Bonchev–Trinajstić information content (AvgIpc) is 3.38. The summed E-state index contributed by atoms with van der Waals surface area (Å²) < 4.78 is 1.75. The molecule has 0 aliphatic carbocycles. The van der Waals surface area contributed by atoms with Crippen LogP contribution in [0.15, 0.2) is 36.7 Å². The molecule has 2 saturated heterocycles. The Morgan fingerprint density at radius 3 is 2.53 bits per heavy atom. The van der Waals surface area contributed by atoms with Crippen molar-refractivity contribution < 1.29 is 5.11 Å². The largest absolute Gasteiger partial charge is 0.507 e. The van der Waals surface area contributed by atoms with Gasteiger partial charge in [0.2, 0.25) is 0 Å². The Balaban J connectivity index is 1.32. The first kappa shape index (κ1) is 19.5. The lowest BCUT2D eigenvalue weighted by Gasteiger charge is -2.43. The number of aromatic hydroxyl groups is 1. The third kappa shape index (κ3) is 3.30. The normalized spacial score (nSPS) is 24.6. The van der Waals surface area contributed by atoms with E-state index >= 15 is 0 Å². The number of aryl methyl sites for hydroxylation is 1. The number of nitrogens with zero attached hydrogens (tertiary/aromatic N) is 6. The summed E-state index contributed by atoms with van der Waals surface area (Å²) in [4.78, 5) is 4.73. The second-order valence-corrected chi connectivity index (χ2v) is 9.45. The molecule has 3 atom stereocenters. The van der Waals surface area contributed by atoms with Crippen molar-refractivity contribution in [3.8, 4) is 28.1 Å². The van der Waals surface area contributed by atoms with E-state index in [0.717, 1.165) is 35.7 Å². The zero-order valence-electron chi connectivity index (χ0n) is 18.6. The van der Waals surface area contributed by atoms with Crippen LogP contribution in [0, 0.1) is 0 Å². The number of hydrogen-bond acceptors (Lipinski definition) is 7. The fraction of sp³-hybridized carbons (Fsp3) is 0.458. The first-order valence-corrected chi connectivity index (χ1v) is 11.5. The maximum Gasteiger partial charge on any atom is 0.175 e. The van der Waals surface area contributed by atoms with Crippen LogP contribution in [0.1, 0.15) is 25.7 Å². The summed E-state index contributed by atoms with van der Waals surface area (Å²) in [5.74, 6) is 1.17. The Kier molecular flexibility index (Phi) is 4.57. The van der Waals surface area contributed by atoms with Crippen LogP contribution in [0.4, 0.5) is 11.5 Å². The van der Waals surface area contributed by atoms with Crippen LogP contribution >= 0.6 is 0 Å². The standard InChI is InChI=1S/C24H29N7O/c1-29-7-8-31(19-10-17-4-5-18(11-19)26-17)24-22(29)12-21(27-28-24)20-6-3-15(9-23(20)32)16-13-25-30(2)14-16/h3,6,9,12-14,17-19,26,32H,4-5,7-8,10-11H2,1-2H3/t17-,18+,19-. The highest BCUT2D eigenvalue weighted by atomic mass is 16.3.